The highest BCUT2D eigenvalue weighted by atomic mass is 16.5. The Morgan fingerprint density at radius 1 is 1.56 bits per heavy atom. The van der Waals surface area contributed by atoms with E-state index in [-0.39, 0.29) is 18.8 Å². The first kappa shape index (κ1) is 13.3. The summed E-state index contributed by atoms with van der Waals surface area (Å²) in [7, 11) is 1.90. The van der Waals surface area contributed by atoms with Gasteiger partial charge in [0.15, 0.2) is 0 Å². The maximum Gasteiger partial charge on any atom is 0.0936 e. The van der Waals surface area contributed by atoms with E-state index in [2.05, 4.69) is 15.2 Å². The molecule has 0 radical (unpaired) electrons. The van der Waals surface area contributed by atoms with Gasteiger partial charge in [0.1, 0.15) is 0 Å². The Bertz CT molecular complexity index is 386. The van der Waals surface area contributed by atoms with Crippen molar-refractivity contribution < 1.29 is 9.84 Å². The Morgan fingerprint density at radius 3 is 3.11 bits per heavy atom. The highest BCUT2D eigenvalue weighted by molar-refractivity contribution is 5.42. The van der Waals surface area contributed by atoms with Gasteiger partial charge in [0.25, 0.3) is 0 Å². The number of pyridine rings is 1. The second kappa shape index (κ2) is 6.13. The van der Waals surface area contributed by atoms with E-state index in [1.54, 1.807) is 0 Å². The van der Waals surface area contributed by atoms with Gasteiger partial charge in [-0.25, -0.2) is 0 Å². The summed E-state index contributed by atoms with van der Waals surface area (Å²) in [4.78, 5) is 6.65. The molecule has 1 aromatic heterocycles. The van der Waals surface area contributed by atoms with Crippen molar-refractivity contribution >= 4 is 5.69 Å². The molecule has 2 rings (SSSR count). The van der Waals surface area contributed by atoms with Crippen LogP contribution >= 0.6 is 0 Å². The molecule has 2 unspecified atom stereocenters. The fraction of sp³-hybridized carbons (Fsp3) is 0.615. The summed E-state index contributed by atoms with van der Waals surface area (Å²) in [6.45, 7) is 4.53. The fourth-order valence-corrected chi connectivity index (χ4v) is 2.32. The number of nitrogens with one attached hydrogen (secondary N) is 1. The third-order valence-electron chi connectivity index (χ3n) is 3.10. The van der Waals surface area contributed by atoms with Crippen LogP contribution in [0.2, 0.25) is 0 Å². The minimum atomic E-state index is -0.0822. The second-order valence-electron chi connectivity index (χ2n) is 4.73. The summed E-state index contributed by atoms with van der Waals surface area (Å²) in [6.07, 6.45) is 1.89. The average molecular weight is 251 g/mol. The smallest absolute Gasteiger partial charge is 0.0936 e. The van der Waals surface area contributed by atoms with Gasteiger partial charge in [-0.15, -0.1) is 0 Å². The summed E-state index contributed by atoms with van der Waals surface area (Å²) in [6, 6.07) is 4.00. The molecule has 2 N–H and O–H groups in total. The third-order valence-corrected chi connectivity index (χ3v) is 3.10. The Kier molecular flexibility index (Phi) is 4.52. The maximum atomic E-state index is 9.20. The lowest BCUT2D eigenvalue weighted by Gasteiger charge is -2.35. The molecule has 1 aliphatic heterocycles. The van der Waals surface area contributed by atoms with Gasteiger partial charge in [0.05, 0.1) is 24.5 Å². The van der Waals surface area contributed by atoms with Crippen molar-refractivity contribution in [2.45, 2.75) is 25.7 Å². The zero-order valence-electron chi connectivity index (χ0n) is 11.0. The fourth-order valence-electron chi connectivity index (χ4n) is 2.32. The maximum absolute atomic E-state index is 9.20. The lowest BCUT2D eigenvalue weighted by atomic mass is 10.2. The number of rotatable bonds is 4. The lowest BCUT2D eigenvalue weighted by Crippen LogP contribution is -2.47. The van der Waals surface area contributed by atoms with Crippen molar-refractivity contribution in [1.82, 2.24) is 9.88 Å². The van der Waals surface area contributed by atoms with Crippen LogP contribution in [0.5, 0.6) is 0 Å². The highest BCUT2D eigenvalue weighted by Gasteiger charge is 2.24. The number of anilines is 1. The van der Waals surface area contributed by atoms with Crippen LogP contribution in [0.3, 0.4) is 0 Å². The molecule has 100 valence electrons. The zero-order valence-corrected chi connectivity index (χ0v) is 11.0. The first-order valence-electron chi connectivity index (χ1n) is 6.32. The summed E-state index contributed by atoms with van der Waals surface area (Å²) < 4.78 is 5.62. The van der Waals surface area contributed by atoms with Crippen LogP contribution in [0.4, 0.5) is 5.69 Å². The molecule has 2 heterocycles. The average Bonchev–Trinajstić information content (AvgIpc) is 2.38. The number of nitrogens with zero attached hydrogens (tertiary/aromatic N) is 2. The summed E-state index contributed by atoms with van der Waals surface area (Å²) in [5.74, 6) is 0. The van der Waals surface area contributed by atoms with Crippen LogP contribution in [0.1, 0.15) is 12.6 Å². The minimum absolute atomic E-state index is 0.0742. The Labute approximate surface area is 108 Å². The van der Waals surface area contributed by atoms with Crippen molar-refractivity contribution in [3.63, 3.8) is 0 Å². The number of ether oxygens (including phenoxy) is 1. The predicted molar refractivity (Wildman–Crippen MR) is 70.5 cm³/mol. The molecule has 0 saturated carbocycles. The van der Waals surface area contributed by atoms with Crippen LogP contribution in [-0.2, 0) is 11.3 Å². The minimum Gasteiger partial charge on any atom is -0.394 e. The first-order valence-corrected chi connectivity index (χ1v) is 6.32. The topological polar surface area (TPSA) is 57.6 Å². The van der Waals surface area contributed by atoms with E-state index < -0.39 is 0 Å². The van der Waals surface area contributed by atoms with Gasteiger partial charge in [0.2, 0.25) is 0 Å². The van der Waals surface area contributed by atoms with E-state index in [0.717, 1.165) is 31.0 Å². The summed E-state index contributed by atoms with van der Waals surface area (Å²) in [5.41, 5.74) is 2.10. The molecule has 1 aliphatic rings. The van der Waals surface area contributed by atoms with E-state index in [4.69, 9.17) is 4.74 Å². The van der Waals surface area contributed by atoms with Gasteiger partial charge in [-0.3, -0.25) is 9.88 Å². The highest BCUT2D eigenvalue weighted by Crippen LogP contribution is 2.15. The molecule has 1 aromatic rings. The van der Waals surface area contributed by atoms with Crippen LogP contribution in [0.15, 0.2) is 18.3 Å². The molecule has 0 aliphatic carbocycles. The second-order valence-corrected chi connectivity index (χ2v) is 4.73. The van der Waals surface area contributed by atoms with Crippen molar-refractivity contribution in [1.29, 1.82) is 0 Å². The van der Waals surface area contributed by atoms with Gasteiger partial charge >= 0.3 is 0 Å². The zero-order chi connectivity index (χ0) is 13.0. The van der Waals surface area contributed by atoms with Gasteiger partial charge < -0.3 is 15.2 Å². The molecule has 2 atom stereocenters. The number of hydrogen-bond acceptors (Lipinski definition) is 5. The number of aromatic nitrogens is 1. The molecule has 5 nitrogen and oxygen atoms in total. The van der Waals surface area contributed by atoms with Crippen molar-refractivity contribution in [3.05, 3.63) is 24.0 Å². The van der Waals surface area contributed by atoms with Crippen molar-refractivity contribution in [2.75, 3.05) is 32.1 Å². The molecule has 5 heteroatoms. The number of aliphatic hydroxyl groups is 1. The normalized spacial score (nSPS) is 25.1. The molecule has 0 amide bonds. The molecule has 0 bridgehead atoms. The Morgan fingerprint density at radius 2 is 2.39 bits per heavy atom. The molecule has 1 fully saturated rings. The van der Waals surface area contributed by atoms with Crippen molar-refractivity contribution in [2.24, 2.45) is 0 Å². The van der Waals surface area contributed by atoms with Gasteiger partial charge in [0, 0.05) is 38.6 Å². The molecular formula is C13H21N3O2. The summed E-state index contributed by atoms with van der Waals surface area (Å²) in [5, 5.41) is 12.3. The van der Waals surface area contributed by atoms with Crippen LogP contribution in [0.25, 0.3) is 0 Å². The first-order chi connectivity index (χ1) is 8.71. The Hall–Kier alpha value is -1.17. The number of aliphatic hydroxyl groups excluding tert-OH is 1. The summed E-state index contributed by atoms with van der Waals surface area (Å²) >= 11 is 0. The van der Waals surface area contributed by atoms with Gasteiger partial charge in [-0.1, -0.05) is 0 Å². The van der Waals surface area contributed by atoms with E-state index in [0.29, 0.717) is 0 Å². The van der Waals surface area contributed by atoms with Gasteiger partial charge in [-0.2, -0.15) is 0 Å². The standard InChI is InChI=1S/C13H21N3O2/c1-10-6-16(8-13(9-17)18-10)7-12-5-11(14-2)3-4-15-12/h3-5,10,13,17H,6-9H2,1-2H3,(H,14,15). The molecule has 1 saturated heterocycles. The number of hydrogen-bond donors (Lipinski definition) is 2. The molecule has 0 aromatic carbocycles. The predicted octanol–water partition coefficient (Wildman–Crippen LogP) is 0.705. The molecule has 18 heavy (non-hydrogen) atoms. The van der Waals surface area contributed by atoms with Gasteiger partial charge in [-0.05, 0) is 19.1 Å². The van der Waals surface area contributed by atoms with E-state index in [1.807, 2.05) is 32.3 Å². The van der Waals surface area contributed by atoms with Crippen LogP contribution < -0.4 is 5.32 Å². The van der Waals surface area contributed by atoms with E-state index >= 15 is 0 Å². The number of morpholine rings is 1. The monoisotopic (exact) mass is 251 g/mol. The van der Waals surface area contributed by atoms with Crippen molar-refractivity contribution in [3.8, 4) is 0 Å². The Balaban J connectivity index is 1.99. The largest absolute Gasteiger partial charge is 0.394 e. The lowest BCUT2D eigenvalue weighted by molar-refractivity contribution is -0.0974. The third kappa shape index (κ3) is 3.41. The van der Waals surface area contributed by atoms with Crippen LogP contribution in [0, 0.1) is 0 Å². The quantitative estimate of drug-likeness (QED) is 0.825. The molecule has 0 spiro atoms. The molecular weight excluding hydrogens is 230 g/mol. The van der Waals surface area contributed by atoms with E-state index in [9.17, 15) is 5.11 Å². The van der Waals surface area contributed by atoms with Crippen LogP contribution in [-0.4, -0.2) is 53.9 Å². The van der Waals surface area contributed by atoms with E-state index in [1.165, 1.54) is 0 Å². The SMILES string of the molecule is CNc1ccnc(CN2CC(C)OC(CO)C2)c1.